The van der Waals surface area contributed by atoms with Crippen LogP contribution in [-0.4, -0.2) is 37.9 Å². The van der Waals surface area contributed by atoms with E-state index < -0.39 is 5.91 Å². The third kappa shape index (κ3) is 6.05. The number of carbonyl (C=O) groups excluding carboxylic acids is 3. The van der Waals surface area contributed by atoms with Crippen LogP contribution in [0.4, 0.5) is 5.69 Å². The Hall–Kier alpha value is -2.41. The second kappa shape index (κ2) is 8.70. The van der Waals surface area contributed by atoms with E-state index in [0.29, 0.717) is 24.2 Å². The Bertz CT molecular complexity index is 517. The monoisotopic (exact) mass is 292 g/mol. The Morgan fingerprint density at radius 2 is 1.81 bits per heavy atom. The van der Waals surface area contributed by atoms with Crippen LogP contribution in [0.3, 0.4) is 0 Å². The minimum absolute atomic E-state index is 0.0719. The van der Waals surface area contributed by atoms with E-state index >= 15 is 0 Å². The molecule has 7 heteroatoms. The van der Waals surface area contributed by atoms with Crippen LogP contribution >= 0.6 is 0 Å². The van der Waals surface area contributed by atoms with Gasteiger partial charge in [-0.15, -0.1) is 0 Å². The molecule has 1 aromatic rings. The number of amides is 3. The largest absolute Gasteiger partial charge is 0.370 e. The summed E-state index contributed by atoms with van der Waals surface area (Å²) < 4.78 is 0. The average molecular weight is 292 g/mol. The van der Waals surface area contributed by atoms with Gasteiger partial charge in [0.05, 0.1) is 11.3 Å². The van der Waals surface area contributed by atoms with Crippen molar-refractivity contribution in [3.05, 3.63) is 29.8 Å². The minimum atomic E-state index is -0.482. The summed E-state index contributed by atoms with van der Waals surface area (Å²) in [6, 6.07) is 6.69. The van der Waals surface area contributed by atoms with Crippen LogP contribution in [0.5, 0.6) is 0 Å². The number of carbonyl (C=O) groups is 3. The van der Waals surface area contributed by atoms with Gasteiger partial charge in [0.25, 0.3) is 5.91 Å². The molecule has 0 aromatic heterocycles. The van der Waals surface area contributed by atoms with E-state index in [1.165, 1.54) is 0 Å². The summed E-state index contributed by atoms with van der Waals surface area (Å²) >= 11 is 0. The first-order valence-corrected chi connectivity index (χ1v) is 6.64. The van der Waals surface area contributed by atoms with Gasteiger partial charge in [-0.25, -0.2) is 0 Å². The molecule has 0 radical (unpaired) electrons. The van der Waals surface area contributed by atoms with Crippen LogP contribution in [-0.2, 0) is 9.59 Å². The Balaban J connectivity index is 2.67. The van der Waals surface area contributed by atoms with Gasteiger partial charge in [0.1, 0.15) is 0 Å². The molecule has 1 aromatic carbocycles. The molecule has 5 N–H and O–H groups in total. The fourth-order valence-electron chi connectivity index (χ4n) is 1.64. The van der Waals surface area contributed by atoms with Crippen molar-refractivity contribution in [1.29, 1.82) is 0 Å². The predicted molar refractivity (Wildman–Crippen MR) is 79.8 cm³/mol. The van der Waals surface area contributed by atoms with Crippen molar-refractivity contribution in [2.75, 3.05) is 25.5 Å². The van der Waals surface area contributed by atoms with E-state index in [9.17, 15) is 14.4 Å². The van der Waals surface area contributed by atoms with Crippen LogP contribution in [0.25, 0.3) is 0 Å². The van der Waals surface area contributed by atoms with Gasteiger partial charge in [0.2, 0.25) is 11.8 Å². The quantitative estimate of drug-likeness (QED) is 0.533. The average Bonchev–Trinajstić information content (AvgIpc) is 2.45. The van der Waals surface area contributed by atoms with E-state index in [0.717, 1.165) is 0 Å². The van der Waals surface area contributed by atoms with Crippen molar-refractivity contribution in [3.63, 3.8) is 0 Å². The Labute approximate surface area is 123 Å². The summed E-state index contributed by atoms with van der Waals surface area (Å²) in [5.74, 6) is -1.02. The van der Waals surface area contributed by atoms with Crippen molar-refractivity contribution in [2.45, 2.75) is 12.8 Å². The zero-order chi connectivity index (χ0) is 15.7. The summed E-state index contributed by atoms with van der Waals surface area (Å²) in [4.78, 5) is 34.4. The maximum Gasteiger partial charge on any atom is 0.253 e. The van der Waals surface area contributed by atoms with E-state index in [2.05, 4.69) is 16.0 Å². The lowest BCUT2D eigenvalue weighted by Gasteiger charge is -2.11. The number of rotatable bonds is 8. The lowest BCUT2D eigenvalue weighted by atomic mass is 10.1. The molecule has 0 aliphatic heterocycles. The van der Waals surface area contributed by atoms with Gasteiger partial charge in [-0.05, 0) is 19.2 Å². The number of anilines is 1. The molecule has 0 unspecified atom stereocenters. The molecule has 0 bridgehead atoms. The Kier molecular flexibility index (Phi) is 6.90. The van der Waals surface area contributed by atoms with Crippen LogP contribution in [0.15, 0.2) is 24.3 Å². The lowest BCUT2D eigenvalue weighted by molar-refractivity contribution is -0.118. The molecule has 0 atom stereocenters. The number of primary amides is 1. The lowest BCUT2D eigenvalue weighted by Crippen LogP contribution is -2.29. The molecule has 0 fully saturated rings. The number of nitrogens with one attached hydrogen (secondary N) is 3. The van der Waals surface area contributed by atoms with Gasteiger partial charge in [-0.2, -0.15) is 0 Å². The zero-order valence-corrected chi connectivity index (χ0v) is 11.9. The Morgan fingerprint density at radius 1 is 1.10 bits per heavy atom. The summed E-state index contributed by atoms with van der Waals surface area (Å²) in [6.45, 7) is 0.717. The fraction of sp³-hybridized carbons (Fsp3) is 0.357. The molecular formula is C14H20N4O3. The summed E-state index contributed by atoms with van der Waals surface area (Å²) in [5.41, 5.74) is 5.79. The highest BCUT2D eigenvalue weighted by Gasteiger charge is 2.12. The number of para-hydroxylation sites is 1. The highest BCUT2D eigenvalue weighted by atomic mass is 16.2. The van der Waals surface area contributed by atoms with Crippen molar-refractivity contribution in [3.8, 4) is 0 Å². The first-order chi connectivity index (χ1) is 10.0. The first kappa shape index (κ1) is 16.6. The van der Waals surface area contributed by atoms with E-state index in [-0.39, 0.29) is 24.8 Å². The molecule has 0 aliphatic carbocycles. The molecule has 0 heterocycles. The molecule has 114 valence electrons. The fourth-order valence-corrected chi connectivity index (χ4v) is 1.64. The number of hydrogen-bond acceptors (Lipinski definition) is 4. The molecule has 0 spiro atoms. The first-order valence-electron chi connectivity index (χ1n) is 6.64. The highest BCUT2D eigenvalue weighted by molar-refractivity contribution is 6.03. The second-order valence-corrected chi connectivity index (χ2v) is 4.42. The van der Waals surface area contributed by atoms with Crippen LogP contribution in [0.1, 0.15) is 23.2 Å². The highest BCUT2D eigenvalue weighted by Crippen LogP contribution is 2.15. The molecule has 0 aliphatic rings. The third-order valence-electron chi connectivity index (χ3n) is 2.70. The van der Waals surface area contributed by atoms with Gasteiger partial charge in [0, 0.05) is 25.9 Å². The van der Waals surface area contributed by atoms with Crippen LogP contribution < -0.4 is 21.7 Å². The zero-order valence-electron chi connectivity index (χ0n) is 11.9. The predicted octanol–water partition coefficient (Wildman–Crippen LogP) is -0.160. The molecule has 3 amide bonds. The van der Waals surface area contributed by atoms with Crippen molar-refractivity contribution < 1.29 is 14.4 Å². The standard InChI is InChI=1S/C14H20N4O3/c1-16-8-7-13(20)18-11-5-3-2-4-10(11)14(21)17-9-6-12(15)19/h2-5,16H,6-9H2,1H3,(H2,15,19)(H,17,21)(H,18,20). The summed E-state index contributed by atoms with van der Waals surface area (Å²) in [6.07, 6.45) is 0.385. The maximum absolute atomic E-state index is 12.0. The number of nitrogens with two attached hydrogens (primary N) is 1. The molecule has 21 heavy (non-hydrogen) atoms. The van der Waals surface area contributed by atoms with E-state index in [1.807, 2.05) is 0 Å². The van der Waals surface area contributed by atoms with E-state index in [4.69, 9.17) is 5.73 Å². The van der Waals surface area contributed by atoms with Crippen LogP contribution in [0.2, 0.25) is 0 Å². The van der Waals surface area contributed by atoms with Gasteiger partial charge in [0.15, 0.2) is 0 Å². The Morgan fingerprint density at radius 3 is 2.48 bits per heavy atom. The molecule has 7 nitrogen and oxygen atoms in total. The molecular weight excluding hydrogens is 272 g/mol. The van der Waals surface area contributed by atoms with Gasteiger partial charge < -0.3 is 21.7 Å². The topological polar surface area (TPSA) is 113 Å². The van der Waals surface area contributed by atoms with Crippen molar-refractivity contribution in [2.24, 2.45) is 5.73 Å². The van der Waals surface area contributed by atoms with Gasteiger partial charge in [-0.1, -0.05) is 12.1 Å². The molecule has 0 saturated carbocycles. The summed E-state index contributed by atoms with van der Waals surface area (Å²) in [7, 11) is 1.76. The SMILES string of the molecule is CNCCC(=O)Nc1ccccc1C(=O)NCCC(N)=O. The number of benzene rings is 1. The van der Waals surface area contributed by atoms with Crippen molar-refractivity contribution in [1.82, 2.24) is 10.6 Å². The van der Waals surface area contributed by atoms with Crippen LogP contribution in [0, 0.1) is 0 Å². The van der Waals surface area contributed by atoms with Gasteiger partial charge >= 0.3 is 0 Å². The maximum atomic E-state index is 12.0. The normalized spacial score (nSPS) is 9.95. The minimum Gasteiger partial charge on any atom is -0.370 e. The van der Waals surface area contributed by atoms with E-state index in [1.54, 1.807) is 31.3 Å². The van der Waals surface area contributed by atoms with Gasteiger partial charge in [-0.3, -0.25) is 14.4 Å². The summed E-state index contributed by atoms with van der Waals surface area (Å²) in [5, 5.41) is 8.15. The van der Waals surface area contributed by atoms with Crippen molar-refractivity contribution >= 4 is 23.4 Å². The molecule has 0 saturated heterocycles. The second-order valence-electron chi connectivity index (χ2n) is 4.42. The smallest absolute Gasteiger partial charge is 0.253 e. The number of hydrogen-bond donors (Lipinski definition) is 4. The molecule has 1 rings (SSSR count). The third-order valence-corrected chi connectivity index (χ3v) is 2.70.